The van der Waals surface area contributed by atoms with Gasteiger partial charge in [0.05, 0.1) is 0 Å². The van der Waals surface area contributed by atoms with Crippen molar-refractivity contribution in [1.29, 1.82) is 0 Å². The molecule has 1 heterocycles. The maximum absolute atomic E-state index is 9.51. The minimum Gasteiger partial charge on any atom is -0.396 e. The molecule has 1 saturated heterocycles. The average molecular weight is 228 g/mol. The maximum Gasteiger partial charge on any atom is 0.0497 e. The number of nitrogens with zero attached hydrogens (tertiary/aromatic N) is 2. The Bertz CT molecular complexity index is 208. The molecule has 0 aromatic rings. The Morgan fingerprint density at radius 3 is 2.56 bits per heavy atom. The molecular weight excluding hydrogens is 200 g/mol. The molecule has 3 heteroatoms. The second-order valence-electron chi connectivity index (χ2n) is 5.86. The standard InChI is InChI=1S/C13H28N2O/c1-5-7-13(2,11-16)10-15-8-6-12(9-15)14(3)4/h12,16H,5-11H2,1-4H3. The van der Waals surface area contributed by atoms with Gasteiger partial charge in [0.25, 0.3) is 0 Å². The fourth-order valence-corrected chi connectivity index (χ4v) is 2.73. The lowest BCUT2D eigenvalue weighted by atomic mass is 9.86. The van der Waals surface area contributed by atoms with Crippen LogP contribution in [0.3, 0.4) is 0 Å². The van der Waals surface area contributed by atoms with Crippen LogP contribution in [0.1, 0.15) is 33.1 Å². The summed E-state index contributed by atoms with van der Waals surface area (Å²) in [6.45, 7) is 8.10. The van der Waals surface area contributed by atoms with E-state index in [-0.39, 0.29) is 5.41 Å². The largest absolute Gasteiger partial charge is 0.396 e. The summed E-state index contributed by atoms with van der Waals surface area (Å²) in [5.74, 6) is 0. The minimum absolute atomic E-state index is 0.0932. The Kier molecular flexibility index (Phi) is 5.22. The number of aliphatic hydroxyl groups is 1. The number of likely N-dealkylation sites (tertiary alicyclic amines) is 1. The van der Waals surface area contributed by atoms with Crippen molar-refractivity contribution in [3.05, 3.63) is 0 Å². The Morgan fingerprint density at radius 2 is 2.12 bits per heavy atom. The third-order valence-corrected chi connectivity index (χ3v) is 3.82. The highest BCUT2D eigenvalue weighted by molar-refractivity contribution is 4.85. The van der Waals surface area contributed by atoms with Crippen LogP contribution < -0.4 is 0 Å². The molecule has 0 radical (unpaired) electrons. The van der Waals surface area contributed by atoms with Crippen LogP contribution >= 0.6 is 0 Å². The van der Waals surface area contributed by atoms with E-state index >= 15 is 0 Å². The molecule has 2 unspecified atom stereocenters. The van der Waals surface area contributed by atoms with E-state index in [4.69, 9.17) is 0 Å². The van der Waals surface area contributed by atoms with Gasteiger partial charge in [-0.25, -0.2) is 0 Å². The topological polar surface area (TPSA) is 26.7 Å². The van der Waals surface area contributed by atoms with Crippen LogP contribution in [0.4, 0.5) is 0 Å². The van der Waals surface area contributed by atoms with E-state index in [0.717, 1.165) is 25.9 Å². The molecule has 1 N–H and O–H groups in total. The molecule has 0 aromatic heterocycles. The highest BCUT2D eigenvalue weighted by Gasteiger charge is 2.30. The summed E-state index contributed by atoms with van der Waals surface area (Å²) in [5, 5.41) is 9.51. The second kappa shape index (κ2) is 5.99. The van der Waals surface area contributed by atoms with Crippen molar-refractivity contribution in [2.45, 2.75) is 39.2 Å². The number of likely N-dealkylation sites (N-methyl/N-ethyl adjacent to an activating group) is 1. The number of rotatable bonds is 6. The summed E-state index contributed by atoms with van der Waals surface area (Å²) in [4.78, 5) is 4.83. The van der Waals surface area contributed by atoms with Gasteiger partial charge in [-0.05, 0) is 33.5 Å². The number of aliphatic hydroxyl groups excluding tert-OH is 1. The van der Waals surface area contributed by atoms with Gasteiger partial charge in [0, 0.05) is 31.2 Å². The van der Waals surface area contributed by atoms with Crippen molar-refractivity contribution in [2.75, 3.05) is 40.3 Å². The van der Waals surface area contributed by atoms with Gasteiger partial charge in [-0.2, -0.15) is 0 Å². The normalized spacial score (nSPS) is 26.2. The van der Waals surface area contributed by atoms with E-state index in [1.54, 1.807) is 0 Å². The van der Waals surface area contributed by atoms with Crippen LogP contribution in [-0.2, 0) is 0 Å². The van der Waals surface area contributed by atoms with Gasteiger partial charge in [0.2, 0.25) is 0 Å². The summed E-state index contributed by atoms with van der Waals surface area (Å²) < 4.78 is 0. The third kappa shape index (κ3) is 3.72. The zero-order valence-electron chi connectivity index (χ0n) is 11.4. The van der Waals surface area contributed by atoms with Crippen LogP contribution in [0.15, 0.2) is 0 Å². The molecule has 0 saturated carbocycles. The van der Waals surface area contributed by atoms with Gasteiger partial charge in [-0.3, -0.25) is 0 Å². The van der Waals surface area contributed by atoms with Gasteiger partial charge in [-0.1, -0.05) is 20.3 Å². The molecule has 96 valence electrons. The van der Waals surface area contributed by atoms with Crippen molar-refractivity contribution >= 4 is 0 Å². The van der Waals surface area contributed by atoms with Crippen LogP contribution in [0.5, 0.6) is 0 Å². The molecule has 0 spiro atoms. The van der Waals surface area contributed by atoms with Crippen LogP contribution in [-0.4, -0.2) is 61.3 Å². The predicted molar refractivity (Wildman–Crippen MR) is 68.6 cm³/mol. The van der Waals surface area contributed by atoms with Gasteiger partial charge >= 0.3 is 0 Å². The Morgan fingerprint density at radius 1 is 1.44 bits per heavy atom. The maximum atomic E-state index is 9.51. The average Bonchev–Trinajstić information content (AvgIpc) is 2.66. The third-order valence-electron chi connectivity index (χ3n) is 3.82. The zero-order valence-corrected chi connectivity index (χ0v) is 11.4. The summed E-state index contributed by atoms with van der Waals surface area (Å²) in [5.41, 5.74) is 0.0932. The Balaban J connectivity index is 2.42. The molecular formula is C13H28N2O. The SMILES string of the molecule is CCCC(C)(CO)CN1CCC(N(C)C)C1. The molecule has 1 aliphatic heterocycles. The molecule has 0 amide bonds. The number of hydrogen-bond donors (Lipinski definition) is 1. The van der Waals surface area contributed by atoms with E-state index in [1.807, 2.05) is 0 Å². The first-order valence-electron chi connectivity index (χ1n) is 6.50. The zero-order chi connectivity index (χ0) is 12.2. The van der Waals surface area contributed by atoms with Crippen molar-refractivity contribution in [2.24, 2.45) is 5.41 Å². The summed E-state index contributed by atoms with van der Waals surface area (Å²) >= 11 is 0. The highest BCUT2D eigenvalue weighted by atomic mass is 16.3. The molecule has 1 aliphatic rings. The van der Waals surface area contributed by atoms with Crippen LogP contribution in [0, 0.1) is 5.41 Å². The molecule has 0 bridgehead atoms. The lowest BCUT2D eigenvalue weighted by molar-refractivity contribution is 0.0870. The van der Waals surface area contributed by atoms with E-state index in [2.05, 4.69) is 37.7 Å². The minimum atomic E-state index is 0.0932. The van der Waals surface area contributed by atoms with Crippen molar-refractivity contribution in [3.63, 3.8) is 0 Å². The smallest absolute Gasteiger partial charge is 0.0497 e. The summed E-state index contributed by atoms with van der Waals surface area (Å²) in [6, 6.07) is 0.699. The monoisotopic (exact) mass is 228 g/mol. The van der Waals surface area contributed by atoms with E-state index in [0.29, 0.717) is 12.6 Å². The predicted octanol–water partition coefficient (Wildman–Crippen LogP) is 1.42. The first-order valence-corrected chi connectivity index (χ1v) is 6.50. The molecule has 0 aromatic carbocycles. The lowest BCUT2D eigenvalue weighted by Crippen LogP contribution is -2.39. The summed E-state index contributed by atoms with van der Waals surface area (Å²) in [6.07, 6.45) is 3.54. The first kappa shape index (κ1) is 13.9. The lowest BCUT2D eigenvalue weighted by Gasteiger charge is -2.32. The Hall–Kier alpha value is -0.120. The van der Waals surface area contributed by atoms with E-state index in [9.17, 15) is 5.11 Å². The van der Waals surface area contributed by atoms with Gasteiger partial charge in [-0.15, -0.1) is 0 Å². The van der Waals surface area contributed by atoms with Gasteiger partial charge in [0.15, 0.2) is 0 Å². The number of hydrogen-bond acceptors (Lipinski definition) is 3. The molecule has 3 nitrogen and oxygen atoms in total. The van der Waals surface area contributed by atoms with E-state index in [1.165, 1.54) is 13.0 Å². The van der Waals surface area contributed by atoms with Crippen molar-refractivity contribution in [1.82, 2.24) is 9.80 Å². The first-order chi connectivity index (χ1) is 7.50. The fourth-order valence-electron chi connectivity index (χ4n) is 2.73. The van der Waals surface area contributed by atoms with Crippen LogP contribution in [0.2, 0.25) is 0 Å². The van der Waals surface area contributed by atoms with Gasteiger partial charge < -0.3 is 14.9 Å². The highest BCUT2D eigenvalue weighted by Crippen LogP contribution is 2.26. The van der Waals surface area contributed by atoms with E-state index < -0.39 is 0 Å². The molecule has 1 fully saturated rings. The Labute approximate surface area is 100 Å². The molecule has 0 aliphatic carbocycles. The molecule has 16 heavy (non-hydrogen) atoms. The van der Waals surface area contributed by atoms with Gasteiger partial charge in [0.1, 0.15) is 0 Å². The second-order valence-corrected chi connectivity index (χ2v) is 5.86. The fraction of sp³-hybridized carbons (Fsp3) is 1.00. The van der Waals surface area contributed by atoms with Crippen molar-refractivity contribution < 1.29 is 5.11 Å². The molecule has 2 atom stereocenters. The van der Waals surface area contributed by atoms with Crippen molar-refractivity contribution in [3.8, 4) is 0 Å². The summed E-state index contributed by atoms with van der Waals surface area (Å²) in [7, 11) is 4.32. The molecule has 1 rings (SSSR count). The van der Waals surface area contributed by atoms with Crippen LogP contribution in [0.25, 0.3) is 0 Å². The quantitative estimate of drug-likeness (QED) is 0.745.